The van der Waals surface area contributed by atoms with Crippen molar-refractivity contribution in [3.05, 3.63) is 35.9 Å². The maximum Gasteiger partial charge on any atom is 0.223 e. The number of hydrogen-bond donors (Lipinski definition) is 1. The Labute approximate surface area is 138 Å². The number of amides is 1. The lowest BCUT2D eigenvalue weighted by molar-refractivity contribution is -0.122. The number of benzene rings is 1. The molecule has 4 nitrogen and oxygen atoms in total. The number of hydrogen-bond acceptors (Lipinski definition) is 3. The summed E-state index contributed by atoms with van der Waals surface area (Å²) < 4.78 is 6.01. The highest BCUT2D eigenvalue weighted by Gasteiger charge is 2.41. The van der Waals surface area contributed by atoms with Gasteiger partial charge in [0.2, 0.25) is 5.91 Å². The molecule has 1 aromatic carbocycles. The predicted molar refractivity (Wildman–Crippen MR) is 88.8 cm³/mol. The zero-order valence-corrected chi connectivity index (χ0v) is 13.6. The zero-order valence-electron chi connectivity index (χ0n) is 13.6. The number of nitrogens with one attached hydrogen (secondary N) is 1. The first-order chi connectivity index (χ1) is 11.3. The minimum absolute atomic E-state index is 0.224. The third kappa shape index (κ3) is 3.59. The number of ether oxygens (including phenoxy) is 1. The van der Waals surface area contributed by atoms with Crippen molar-refractivity contribution in [2.24, 2.45) is 17.8 Å². The maximum absolute atomic E-state index is 11.8. The van der Waals surface area contributed by atoms with Crippen LogP contribution in [0.3, 0.4) is 0 Å². The van der Waals surface area contributed by atoms with Crippen molar-refractivity contribution >= 4 is 5.91 Å². The second kappa shape index (κ2) is 6.62. The fourth-order valence-corrected chi connectivity index (χ4v) is 4.05. The fraction of sp³-hybridized carbons (Fsp3) is 0.632. The molecule has 3 aliphatic rings. The van der Waals surface area contributed by atoms with E-state index in [0.29, 0.717) is 24.3 Å². The lowest BCUT2D eigenvalue weighted by atomic mass is 9.84. The van der Waals surface area contributed by atoms with Crippen LogP contribution in [-0.2, 0) is 16.1 Å². The normalized spacial score (nSPS) is 30.9. The number of carbonyl (C=O) groups excluding carboxylic acids is 1. The van der Waals surface area contributed by atoms with E-state index in [1.165, 1.54) is 12.0 Å². The molecule has 23 heavy (non-hydrogen) atoms. The van der Waals surface area contributed by atoms with E-state index < -0.39 is 0 Å². The molecule has 4 heteroatoms. The smallest absolute Gasteiger partial charge is 0.223 e. The molecule has 1 aliphatic carbocycles. The predicted octanol–water partition coefficient (Wildman–Crippen LogP) is 2.05. The van der Waals surface area contributed by atoms with Crippen molar-refractivity contribution in [2.45, 2.75) is 31.9 Å². The molecule has 0 aromatic heterocycles. The summed E-state index contributed by atoms with van der Waals surface area (Å²) in [6.45, 7) is 4.83. The molecule has 0 spiro atoms. The molecule has 1 saturated carbocycles. The monoisotopic (exact) mass is 314 g/mol. The van der Waals surface area contributed by atoms with Crippen molar-refractivity contribution in [1.82, 2.24) is 10.2 Å². The van der Waals surface area contributed by atoms with Crippen LogP contribution < -0.4 is 5.32 Å². The SMILES string of the molecule is O=C(NC[C@@H]1OC[C@@H]2CN(Cc3ccccc3)CC[C@@H]21)C1CC1. The third-order valence-electron chi connectivity index (χ3n) is 5.55. The Morgan fingerprint density at radius 3 is 2.83 bits per heavy atom. The van der Waals surface area contributed by atoms with Gasteiger partial charge in [0.1, 0.15) is 0 Å². The quantitative estimate of drug-likeness (QED) is 0.904. The highest BCUT2D eigenvalue weighted by Crippen LogP contribution is 2.35. The van der Waals surface area contributed by atoms with Gasteiger partial charge in [-0.25, -0.2) is 0 Å². The molecule has 0 bridgehead atoms. The van der Waals surface area contributed by atoms with Gasteiger partial charge in [0.25, 0.3) is 0 Å². The number of rotatable bonds is 5. The molecule has 1 amide bonds. The molecular weight excluding hydrogens is 288 g/mol. The maximum atomic E-state index is 11.8. The van der Waals surface area contributed by atoms with Gasteiger partial charge in [-0.1, -0.05) is 30.3 Å². The van der Waals surface area contributed by atoms with Crippen LogP contribution in [0.4, 0.5) is 0 Å². The molecular formula is C19H26N2O2. The minimum atomic E-state index is 0.224. The molecule has 4 rings (SSSR count). The summed E-state index contributed by atoms with van der Waals surface area (Å²) in [6.07, 6.45) is 3.54. The topological polar surface area (TPSA) is 41.6 Å². The van der Waals surface area contributed by atoms with Crippen LogP contribution in [0.5, 0.6) is 0 Å². The van der Waals surface area contributed by atoms with Gasteiger partial charge in [0.05, 0.1) is 12.7 Å². The van der Waals surface area contributed by atoms with Crippen LogP contribution in [0.2, 0.25) is 0 Å². The third-order valence-corrected chi connectivity index (χ3v) is 5.55. The average Bonchev–Trinajstić information content (AvgIpc) is 3.35. The van der Waals surface area contributed by atoms with E-state index >= 15 is 0 Å². The van der Waals surface area contributed by atoms with E-state index in [9.17, 15) is 4.79 Å². The fourth-order valence-electron chi connectivity index (χ4n) is 4.05. The lowest BCUT2D eigenvalue weighted by Gasteiger charge is -2.35. The molecule has 3 fully saturated rings. The van der Waals surface area contributed by atoms with Gasteiger partial charge in [0, 0.05) is 31.5 Å². The molecule has 0 radical (unpaired) electrons. The molecule has 1 aromatic rings. The molecule has 1 N–H and O–H groups in total. The minimum Gasteiger partial charge on any atom is -0.376 e. The standard InChI is InChI=1S/C19H26N2O2/c22-19(15-6-7-15)20-10-18-17-8-9-21(12-16(17)13-23-18)11-14-4-2-1-3-5-14/h1-5,15-18H,6-13H2,(H,20,22)/t16-,17-,18-/m0/s1. The van der Waals surface area contributed by atoms with Crippen LogP contribution >= 0.6 is 0 Å². The highest BCUT2D eigenvalue weighted by atomic mass is 16.5. The van der Waals surface area contributed by atoms with Gasteiger partial charge < -0.3 is 10.1 Å². The molecule has 0 unspecified atom stereocenters. The second-order valence-corrected chi connectivity index (χ2v) is 7.32. The summed E-state index contributed by atoms with van der Waals surface area (Å²) in [6, 6.07) is 10.7. The zero-order chi connectivity index (χ0) is 15.6. The average molecular weight is 314 g/mol. The Balaban J connectivity index is 1.27. The number of likely N-dealkylation sites (tertiary alicyclic amines) is 1. The summed E-state index contributed by atoms with van der Waals surface area (Å²) in [4.78, 5) is 14.3. The number of fused-ring (bicyclic) bond motifs is 1. The van der Waals surface area contributed by atoms with E-state index in [1.54, 1.807) is 0 Å². The molecule has 3 atom stereocenters. The van der Waals surface area contributed by atoms with Crippen molar-refractivity contribution in [3.63, 3.8) is 0 Å². The van der Waals surface area contributed by atoms with Crippen LogP contribution in [0.1, 0.15) is 24.8 Å². The lowest BCUT2D eigenvalue weighted by Crippen LogP contribution is -2.43. The summed E-state index contributed by atoms with van der Waals surface area (Å²) in [5.74, 6) is 1.76. The van der Waals surface area contributed by atoms with Gasteiger partial charge in [-0.3, -0.25) is 9.69 Å². The Hall–Kier alpha value is -1.39. The van der Waals surface area contributed by atoms with Crippen molar-refractivity contribution < 1.29 is 9.53 Å². The summed E-state index contributed by atoms with van der Waals surface area (Å²) >= 11 is 0. The van der Waals surface area contributed by atoms with E-state index in [0.717, 1.165) is 39.1 Å². The van der Waals surface area contributed by atoms with Crippen molar-refractivity contribution in [1.29, 1.82) is 0 Å². The number of nitrogens with zero attached hydrogens (tertiary/aromatic N) is 1. The van der Waals surface area contributed by atoms with E-state index in [1.807, 2.05) is 0 Å². The summed E-state index contributed by atoms with van der Waals surface area (Å²) in [5.41, 5.74) is 1.39. The van der Waals surface area contributed by atoms with E-state index in [2.05, 4.69) is 40.5 Å². The molecule has 2 aliphatic heterocycles. The number of carbonyl (C=O) groups is 1. The Morgan fingerprint density at radius 1 is 1.22 bits per heavy atom. The van der Waals surface area contributed by atoms with Crippen LogP contribution in [0.15, 0.2) is 30.3 Å². The Kier molecular flexibility index (Phi) is 4.36. The Bertz CT molecular complexity index is 544. The van der Waals surface area contributed by atoms with Gasteiger partial charge in [-0.2, -0.15) is 0 Å². The first-order valence-corrected chi connectivity index (χ1v) is 8.95. The first-order valence-electron chi connectivity index (χ1n) is 8.95. The first kappa shape index (κ1) is 15.2. The van der Waals surface area contributed by atoms with Crippen molar-refractivity contribution in [3.8, 4) is 0 Å². The Morgan fingerprint density at radius 2 is 2.04 bits per heavy atom. The van der Waals surface area contributed by atoms with Gasteiger partial charge in [-0.15, -0.1) is 0 Å². The van der Waals surface area contributed by atoms with Crippen LogP contribution in [-0.4, -0.2) is 43.2 Å². The second-order valence-electron chi connectivity index (χ2n) is 7.32. The molecule has 124 valence electrons. The van der Waals surface area contributed by atoms with Gasteiger partial charge in [-0.05, 0) is 37.3 Å². The number of piperidine rings is 1. The molecule has 2 saturated heterocycles. The van der Waals surface area contributed by atoms with Crippen molar-refractivity contribution in [2.75, 3.05) is 26.2 Å². The van der Waals surface area contributed by atoms with Gasteiger partial charge >= 0.3 is 0 Å². The highest BCUT2D eigenvalue weighted by molar-refractivity contribution is 5.80. The molecule has 2 heterocycles. The van der Waals surface area contributed by atoms with E-state index in [4.69, 9.17) is 4.74 Å². The van der Waals surface area contributed by atoms with Crippen LogP contribution in [0.25, 0.3) is 0 Å². The van der Waals surface area contributed by atoms with Crippen LogP contribution in [0, 0.1) is 17.8 Å². The van der Waals surface area contributed by atoms with E-state index in [-0.39, 0.29) is 12.0 Å². The largest absolute Gasteiger partial charge is 0.376 e. The summed E-state index contributed by atoms with van der Waals surface area (Å²) in [5, 5.41) is 3.09. The van der Waals surface area contributed by atoms with Gasteiger partial charge in [0.15, 0.2) is 0 Å². The summed E-state index contributed by atoms with van der Waals surface area (Å²) in [7, 11) is 0.